The van der Waals surface area contributed by atoms with Crippen LogP contribution in [0.1, 0.15) is 32.4 Å². The van der Waals surface area contributed by atoms with Crippen LogP contribution < -0.4 is 0 Å². The predicted molar refractivity (Wildman–Crippen MR) is 68.1 cm³/mol. The van der Waals surface area contributed by atoms with Crippen molar-refractivity contribution in [2.45, 2.75) is 39.0 Å². The molecule has 1 aromatic carbocycles. The van der Waals surface area contributed by atoms with E-state index in [0.717, 1.165) is 13.1 Å². The summed E-state index contributed by atoms with van der Waals surface area (Å²) >= 11 is 0. The second-order valence-electron chi connectivity index (χ2n) is 5.09. The summed E-state index contributed by atoms with van der Waals surface area (Å²) in [7, 11) is 0. The van der Waals surface area contributed by atoms with Gasteiger partial charge in [-0.15, -0.1) is 0 Å². The van der Waals surface area contributed by atoms with Crippen molar-refractivity contribution in [2.24, 2.45) is 0 Å². The second kappa shape index (κ2) is 5.24. The minimum absolute atomic E-state index is 0.0190. The zero-order chi connectivity index (χ0) is 13.3. The summed E-state index contributed by atoms with van der Waals surface area (Å²) in [6, 6.07) is 4.07. The van der Waals surface area contributed by atoms with E-state index in [4.69, 9.17) is 4.74 Å². The molecule has 4 heteroatoms. The van der Waals surface area contributed by atoms with Gasteiger partial charge in [-0.05, 0) is 39.0 Å². The fourth-order valence-electron chi connectivity index (χ4n) is 2.59. The highest BCUT2D eigenvalue weighted by Gasteiger charge is 2.27. The molecular weight excluding hydrogens is 233 g/mol. The number of aromatic hydroxyl groups is 1. The molecule has 0 bridgehead atoms. The first-order chi connectivity index (χ1) is 8.47. The highest BCUT2D eigenvalue weighted by atomic mass is 19.1. The van der Waals surface area contributed by atoms with Gasteiger partial charge >= 0.3 is 0 Å². The molecule has 100 valence electrons. The number of nitrogens with zero attached hydrogens (tertiary/aromatic N) is 1. The molecule has 1 aromatic rings. The van der Waals surface area contributed by atoms with E-state index in [1.54, 1.807) is 0 Å². The number of phenols is 1. The van der Waals surface area contributed by atoms with Crippen molar-refractivity contribution in [3.05, 3.63) is 29.6 Å². The van der Waals surface area contributed by atoms with Crippen molar-refractivity contribution in [3.63, 3.8) is 0 Å². The summed E-state index contributed by atoms with van der Waals surface area (Å²) < 4.78 is 19.0. The van der Waals surface area contributed by atoms with Gasteiger partial charge in [0, 0.05) is 24.7 Å². The van der Waals surface area contributed by atoms with Crippen LogP contribution >= 0.6 is 0 Å². The van der Waals surface area contributed by atoms with Gasteiger partial charge in [0.15, 0.2) is 0 Å². The van der Waals surface area contributed by atoms with Gasteiger partial charge in [-0.1, -0.05) is 0 Å². The number of halogens is 1. The topological polar surface area (TPSA) is 32.7 Å². The van der Waals surface area contributed by atoms with E-state index in [1.165, 1.54) is 18.2 Å². The molecule has 3 nitrogen and oxygen atoms in total. The first-order valence-corrected chi connectivity index (χ1v) is 6.35. The maximum Gasteiger partial charge on any atom is 0.123 e. The Balaban J connectivity index is 2.19. The Bertz CT molecular complexity index is 414. The van der Waals surface area contributed by atoms with E-state index in [-0.39, 0.29) is 29.8 Å². The lowest BCUT2D eigenvalue weighted by molar-refractivity contribution is -0.0791. The number of phenolic OH excluding ortho intramolecular Hbond substituents is 1. The van der Waals surface area contributed by atoms with Crippen molar-refractivity contribution in [1.82, 2.24) is 4.90 Å². The highest BCUT2D eigenvalue weighted by molar-refractivity contribution is 5.35. The zero-order valence-electron chi connectivity index (χ0n) is 11.1. The van der Waals surface area contributed by atoms with Gasteiger partial charge in [0.2, 0.25) is 0 Å². The molecule has 1 saturated heterocycles. The van der Waals surface area contributed by atoms with Gasteiger partial charge in [-0.2, -0.15) is 0 Å². The molecule has 1 N–H and O–H groups in total. The molecule has 0 aromatic heterocycles. The monoisotopic (exact) mass is 253 g/mol. The molecule has 1 heterocycles. The number of benzene rings is 1. The third-order valence-corrected chi connectivity index (χ3v) is 3.44. The smallest absolute Gasteiger partial charge is 0.123 e. The van der Waals surface area contributed by atoms with Crippen LogP contribution in [0, 0.1) is 5.82 Å². The highest BCUT2D eigenvalue weighted by Crippen LogP contribution is 2.30. The van der Waals surface area contributed by atoms with Gasteiger partial charge in [0.05, 0.1) is 12.2 Å². The molecule has 0 aliphatic carbocycles. The molecule has 18 heavy (non-hydrogen) atoms. The molecule has 0 radical (unpaired) electrons. The van der Waals surface area contributed by atoms with Crippen molar-refractivity contribution < 1.29 is 14.2 Å². The summed E-state index contributed by atoms with van der Waals surface area (Å²) in [5.74, 6) is -0.167. The number of hydrogen-bond donors (Lipinski definition) is 1. The zero-order valence-corrected chi connectivity index (χ0v) is 11.1. The van der Waals surface area contributed by atoms with Crippen molar-refractivity contribution >= 4 is 0 Å². The second-order valence-corrected chi connectivity index (χ2v) is 5.09. The number of morpholine rings is 1. The Hall–Kier alpha value is -1.13. The first-order valence-electron chi connectivity index (χ1n) is 6.35. The minimum atomic E-state index is -0.316. The van der Waals surface area contributed by atoms with Gasteiger partial charge in [-0.25, -0.2) is 4.39 Å². The van der Waals surface area contributed by atoms with Gasteiger partial charge in [-0.3, -0.25) is 4.90 Å². The maximum atomic E-state index is 13.3. The largest absolute Gasteiger partial charge is 0.508 e. The normalized spacial score (nSPS) is 27.1. The Morgan fingerprint density at radius 2 is 1.94 bits per heavy atom. The lowest BCUT2D eigenvalue weighted by Crippen LogP contribution is -2.46. The van der Waals surface area contributed by atoms with Gasteiger partial charge < -0.3 is 9.84 Å². The maximum absolute atomic E-state index is 13.3. The fourth-order valence-corrected chi connectivity index (χ4v) is 2.59. The van der Waals surface area contributed by atoms with E-state index in [0.29, 0.717) is 5.56 Å². The summed E-state index contributed by atoms with van der Waals surface area (Å²) in [4.78, 5) is 2.22. The lowest BCUT2D eigenvalue weighted by atomic mass is 10.0. The average Bonchev–Trinajstić information content (AvgIpc) is 2.30. The number of ether oxygens (including phenoxy) is 1. The van der Waals surface area contributed by atoms with E-state index in [1.807, 2.05) is 20.8 Å². The molecule has 0 amide bonds. The molecule has 3 unspecified atom stereocenters. The summed E-state index contributed by atoms with van der Waals surface area (Å²) in [5.41, 5.74) is 0.635. The SMILES string of the molecule is CC1CN(C(C)c2cc(F)ccc2O)CC(C)O1. The molecule has 1 aliphatic heterocycles. The van der Waals surface area contributed by atoms with Crippen LogP contribution in [-0.2, 0) is 4.74 Å². The van der Waals surface area contributed by atoms with Crippen LogP contribution in [0.2, 0.25) is 0 Å². The Morgan fingerprint density at radius 3 is 2.56 bits per heavy atom. The van der Waals surface area contributed by atoms with Crippen molar-refractivity contribution in [2.75, 3.05) is 13.1 Å². The van der Waals surface area contributed by atoms with Crippen LogP contribution in [-0.4, -0.2) is 35.3 Å². The summed E-state index contributed by atoms with van der Waals surface area (Å²) in [6.07, 6.45) is 0.318. The third-order valence-electron chi connectivity index (χ3n) is 3.44. The van der Waals surface area contributed by atoms with Crippen LogP contribution in [0.25, 0.3) is 0 Å². The summed E-state index contributed by atoms with van der Waals surface area (Å²) in [5, 5.41) is 9.84. The molecule has 3 atom stereocenters. The lowest BCUT2D eigenvalue weighted by Gasteiger charge is -2.39. The molecule has 2 rings (SSSR count). The molecule has 1 fully saturated rings. The van der Waals surface area contributed by atoms with Crippen LogP contribution in [0.15, 0.2) is 18.2 Å². The molecule has 1 aliphatic rings. The van der Waals surface area contributed by atoms with E-state index >= 15 is 0 Å². The van der Waals surface area contributed by atoms with Gasteiger partial charge in [0.25, 0.3) is 0 Å². The third kappa shape index (κ3) is 2.82. The van der Waals surface area contributed by atoms with Crippen LogP contribution in [0.3, 0.4) is 0 Å². The van der Waals surface area contributed by atoms with E-state index < -0.39 is 0 Å². The van der Waals surface area contributed by atoms with Crippen LogP contribution in [0.5, 0.6) is 5.75 Å². The predicted octanol–water partition coefficient (Wildman–Crippen LogP) is 2.70. The fraction of sp³-hybridized carbons (Fsp3) is 0.571. The van der Waals surface area contributed by atoms with E-state index in [2.05, 4.69) is 4.90 Å². The first kappa shape index (κ1) is 13.3. The number of rotatable bonds is 2. The standard InChI is InChI=1S/C14H20FNO2/c1-9-7-16(8-10(2)18-9)11(3)13-6-12(15)4-5-14(13)17/h4-6,9-11,17H,7-8H2,1-3H3. The quantitative estimate of drug-likeness (QED) is 0.879. The molecule has 0 saturated carbocycles. The minimum Gasteiger partial charge on any atom is -0.508 e. The Labute approximate surface area is 107 Å². The Morgan fingerprint density at radius 1 is 1.33 bits per heavy atom. The summed E-state index contributed by atoms with van der Waals surface area (Å²) in [6.45, 7) is 7.63. The van der Waals surface area contributed by atoms with Gasteiger partial charge in [0.1, 0.15) is 11.6 Å². The van der Waals surface area contributed by atoms with Crippen molar-refractivity contribution in [3.8, 4) is 5.75 Å². The van der Waals surface area contributed by atoms with Crippen molar-refractivity contribution in [1.29, 1.82) is 0 Å². The molecular formula is C14H20FNO2. The Kier molecular flexibility index (Phi) is 3.88. The van der Waals surface area contributed by atoms with E-state index in [9.17, 15) is 9.50 Å². The average molecular weight is 253 g/mol. The number of hydrogen-bond acceptors (Lipinski definition) is 3. The van der Waals surface area contributed by atoms with Crippen LogP contribution in [0.4, 0.5) is 4.39 Å². The molecule has 0 spiro atoms.